The van der Waals surface area contributed by atoms with E-state index < -0.39 is 23.6 Å². The maximum Gasteiger partial charge on any atom is 0.393 e. The Labute approximate surface area is 111 Å². The summed E-state index contributed by atoms with van der Waals surface area (Å²) in [6.45, 7) is 2.48. The third-order valence-corrected chi connectivity index (χ3v) is 3.92. The molecule has 112 valence electrons. The van der Waals surface area contributed by atoms with E-state index in [0.29, 0.717) is 19.5 Å². The van der Waals surface area contributed by atoms with Crippen molar-refractivity contribution in [2.75, 3.05) is 26.7 Å². The average molecular weight is 282 g/mol. The van der Waals surface area contributed by atoms with Gasteiger partial charge in [0.25, 0.3) is 0 Å². The number of alkyl halides is 3. The lowest BCUT2D eigenvalue weighted by Crippen LogP contribution is -2.51. The first-order valence-electron chi connectivity index (χ1n) is 6.40. The Hall–Kier alpha value is -0.820. The molecule has 4 nitrogen and oxygen atoms in total. The first-order chi connectivity index (χ1) is 8.69. The highest BCUT2D eigenvalue weighted by molar-refractivity contribution is 5.78. The largest absolute Gasteiger partial charge is 0.480 e. The van der Waals surface area contributed by atoms with E-state index in [-0.39, 0.29) is 19.4 Å². The fourth-order valence-corrected chi connectivity index (χ4v) is 2.25. The molecule has 1 aliphatic rings. The summed E-state index contributed by atoms with van der Waals surface area (Å²) < 4.78 is 38.0. The SMILES string of the molecule is CNC(C)(CCN1CCCC(C(F)(F)F)C1)C(=O)O. The van der Waals surface area contributed by atoms with Crippen molar-refractivity contribution in [1.82, 2.24) is 10.2 Å². The van der Waals surface area contributed by atoms with Gasteiger partial charge in [0.2, 0.25) is 0 Å². The predicted octanol–water partition coefficient (Wildman–Crippen LogP) is 1.71. The molecule has 1 aliphatic heterocycles. The van der Waals surface area contributed by atoms with Gasteiger partial charge in [-0.25, -0.2) is 0 Å². The minimum Gasteiger partial charge on any atom is -0.480 e. The molecule has 0 spiro atoms. The highest BCUT2D eigenvalue weighted by atomic mass is 19.4. The fourth-order valence-electron chi connectivity index (χ4n) is 2.25. The van der Waals surface area contributed by atoms with Crippen molar-refractivity contribution >= 4 is 5.97 Å². The summed E-state index contributed by atoms with van der Waals surface area (Å²) in [6.07, 6.45) is -3.20. The van der Waals surface area contributed by atoms with Crippen LogP contribution in [0, 0.1) is 5.92 Å². The zero-order valence-electron chi connectivity index (χ0n) is 11.3. The highest BCUT2D eigenvalue weighted by Gasteiger charge is 2.42. The van der Waals surface area contributed by atoms with Gasteiger partial charge in [0.1, 0.15) is 5.54 Å². The van der Waals surface area contributed by atoms with Gasteiger partial charge in [-0.2, -0.15) is 13.2 Å². The van der Waals surface area contributed by atoms with Gasteiger partial charge in [0, 0.05) is 13.1 Å². The second kappa shape index (κ2) is 6.09. The van der Waals surface area contributed by atoms with Crippen LogP contribution >= 0.6 is 0 Å². The van der Waals surface area contributed by atoms with Gasteiger partial charge in [-0.15, -0.1) is 0 Å². The van der Waals surface area contributed by atoms with Crippen molar-refractivity contribution in [3.8, 4) is 0 Å². The summed E-state index contributed by atoms with van der Waals surface area (Å²) in [6, 6.07) is 0. The number of likely N-dealkylation sites (tertiary alicyclic amines) is 1. The lowest BCUT2D eigenvalue weighted by Gasteiger charge is -2.35. The first-order valence-corrected chi connectivity index (χ1v) is 6.40. The molecule has 0 bridgehead atoms. The Morgan fingerprint density at radius 2 is 2.11 bits per heavy atom. The standard InChI is InChI=1S/C12H21F3N2O2/c1-11(16-2,10(18)19)5-7-17-6-3-4-9(8-17)12(13,14)15/h9,16H,3-8H2,1-2H3,(H,18,19). The molecule has 1 rings (SSSR count). The molecular formula is C12H21F3N2O2. The number of nitrogens with zero attached hydrogens (tertiary/aromatic N) is 1. The van der Waals surface area contributed by atoms with Gasteiger partial charge in [-0.05, 0) is 39.8 Å². The fraction of sp³-hybridized carbons (Fsp3) is 0.917. The van der Waals surface area contributed by atoms with Crippen LogP contribution < -0.4 is 5.32 Å². The van der Waals surface area contributed by atoms with E-state index in [2.05, 4.69) is 5.32 Å². The van der Waals surface area contributed by atoms with Gasteiger partial charge in [-0.3, -0.25) is 4.79 Å². The number of piperidine rings is 1. The van der Waals surface area contributed by atoms with E-state index in [9.17, 15) is 18.0 Å². The molecule has 1 fully saturated rings. The Morgan fingerprint density at radius 3 is 2.58 bits per heavy atom. The Kier molecular flexibility index (Phi) is 5.20. The van der Waals surface area contributed by atoms with Crippen LogP contribution in [0.25, 0.3) is 0 Å². The van der Waals surface area contributed by atoms with Crippen LogP contribution in [0.5, 0.6) is 0 Å². The smallest absolute Gasteiger partial charge is 0.393 e. The lowest BCUT2D eigenvalue weighted by atomic mass is 9.94. The van der Waals surface area contributed by atoms with Crippen LogP contribution in [0.2, 0.25) is 0 Å². The van der Waals surface area contributed by atoms with Crippen LogP contribution in [0.4, 0.5) is 13.2 Å². The normalized spacial score (nSPS) is 25.0. The third kappa shape index (κ3) is 4.35. The number of rotatable bonds is 5. The Balaban J connectivity index is 2.52. The molecule has 1 heterocycles. The van der Waals surface area contributed by atoms with Crippen molar-refractivity contribution < 1.29 is 23.1 Å². The topological polar surface area (TPSA) is 52.6 Å². The molecule has 0 amide bonds. The summed E-state index contributed by atoms with van der Waals surface area (Å²) in [5, 5.41) is 11.8. The Bertz CT molecular complexity index is 323. The van der Waals surface area contributed by atoms with Crippen LogP contribution in [-0.4, -0.2) is 54.4 Å². The van der Waals surface area contributed by atoms with Crippen molar-refractivity contribution in [2.45, 2.75) is 37.9 Å². The summed E-state index contributed by atoms with van der Waals surface area (Å²) >= 11 is 0. The molecule has 0 aromatic rings. The average Bonchev–Trinajstić information content (AvgIpc) is 2.35. The van der Waals surface area contributed by atoms with Gasteiger partial charge in [0.15, 0.2) is 0 Å². The van der Waals surface area contributed by atoms with E-state index in [1.807, 2.05) is 0 Å². The van der Waals surface area contributed by atoms with Crippen molar-refractivity contribution in [3.63, 3.8) is 0 Å². The van der Waals surface area contributed by atoms with E-state index in [1.54, 1.807) is 18.9 Å². The van der Waals surface area contributed by atoms with E-state index in [0.717, 1.165) is 0 Å². The molecular weight excluding hydrogens is 261 g/mol. The zero-order valence-corrected chi connectivity index (χ0v) is 11.3. The predicted molar refractivity (Wildman–Crippen MR) is 64.9 cm³/mol. The van der Waals surface area contributed by atoms with Crippen molar-refractivity contribution in [2.24, 2.45) is 5.92 Å². The molecule has 7 heteroatoms. The number of carboxylic acid groups (broad SMARTS) is 1. The van der Waals surface area contributed by atoms with E-state index >= 15 is 0 Å². The lowest BCUT2D eigenvalue weighted by molar-refractivity contribution is -0.187. The van der Waals surface area contributed by atoms with Gasteiger partial charge >= 0.3 is 12.1 Å². The van der Waals surface area contributed by atoms with Crippen LogP contribution in [0.1, 0.15) is 26.2 Å². The zero-order chi connectivity index (χ0) is 14.7. The molecule has 0 aromatic carbocycles. The number of carboxylic acids is 1. The quantitative estimate of drug-likeness (QED) is 0.806. The molecule has 0 aliphatic carbocycles. The van der Waals surface area contributed by atoms with Crippen LogP contribution in [0.15, 0.2) is 0 Å². The van der Waals surface area contributed by atoms with Crippen LogP contribution in [-0.2, 0) is 4.79 Å². The molecule has 0 saturated carbocycles. The second-order valence-electron chi connectivity index (χ2n) is 5.32. The number of nitrogens with one attached hydrogen (secondary N) is 1. The summed E-state index contributed by atoms with van der Waals surface area (Å²) in [4.78, 5) is 12.8. The molecule has 2 unspecified atom stereocenters. The number of carbonyl (C=O) groups is 1. The maximum atomic E-state index is 12.7. The Morgan fingerprint density at radius 1 is 1.47 bits per heavy atom. The van der Waals surface area contributed by atoms with Gasteiger partial charge in [-0.1, -0.05) is 0 Å². The minimum atomic E-state index is -4.15. The molecule has 2 N–H and O–H groups in total. The first kappa shape index (κ1) is 16.2. The maximum absolute atomic E-state index is 12.7. The highest BCUT2D eigenvalue weighted by Crippen LogP contribution is 2.33. The number of halogens is 3. The molecule has 1 saturated heterocycles. The molecule has 0 aromatic heterocycles. The molecule has 19 heavy (non-hydrogen) atoms. The van der Waals surface area contributed by atoms with E-state index in [4.69, 9.17) is 5.11 Å². The van der Waals surface area contributed by atoms with Crippen LogP contribution in [0.3, 0.4) is 0 Å². The van der Waals surface area contributed by atoms with Crippen molar-refractivity contribution in [3.05, 3.63) is 0 Å². The van der Waals surface area contributed by atoms with Gasteiger partial charge < -0.3 is 15.3 Å². The summed E-state index contributed by atoms with van der Waals surface area (Å²) in [7, 11) is 1.54. The molecule has 0 radical (unpaired) electrons. The molecule has 2 atom stereocenters. The number of aliphatic carboxylic acids is 1. The van der Waals surface area contributed by atoms with Crippen molar-refractivity contribution in [1.29, 1.82) is 0 Å². The van der Waals surface area contributed by atoms with E-state index in [1.165, 1.54) is 0 Å². The summed E-state index contributed by atoms with van der Waals surface area (Å²) in [5.74, 6) is -2.27. The monoisotopic (exact) mass is 282 g/mol. The minimum absolute atomic E-state index is 0.0249. The number of hydrogen-bond acceptors (Lipinski definition) is 3. The second-order valence-corrected chi connectivity index (χ2v) is 5.32. The number of hydrogen-bond donors (Lipinski definition) is 2. The third-order valence-electron chi connectivity index (χ3n) is 3.92. The summed E-state index contributed by atoms with van der Waals surface area (Å²) in [5.41, 5.74) is -1.09. The van der Waals surface area contributed by atoms with Gasteiger partial charge in [0.05, 0.1) is 5.92 Å². The number of likely N-dealkylation sites (N-methyl/N-ethyl adjacent to an activating group) is 1.